The Hall–Kier alpha value is -4.60. The van der Waals surface area contributed by atoms with Crippen LogP contribution in [0.25, 0.3) is 0 Å². The highest BCUT2D eigenvalue weighted by atomic mass is 16.2. The summed E-state index contributed by atoms with van der Waals surface area (Å²) in [4.78, 5) is 57.6. The lowest BCUT2D eigenvalue weighted by atomic mass is 10.1. The van der Waals surface area contributed by atoms with E-state index in [0.29, 0.717) is 37.3 Å². The summed E-state index contributed by atoms with van der Waals surface area (Å²) in [7, 11) is 0. The average molecular weight is 489 g/mol. The van der Waals surface area contributed by atoms with E-state index in [1.54, 1.807) is 54.6 Å². The predicted octanol–water partition coefficient (Wildman–Crippen LogP) is 4.46. The minimum absolute atomic E-state index is 0.157. The van der Waals surface area contributed by atoms with Crippen LogP contribution < -0.4 is 21.3 Å². The van der Waals surface area contributed by atoms with Crippen molar-refractivity contribution in [1.29, 1.82) is 0 Å². The third kappa shape index (κ3) is 7.73. The number of carbonyl (C=O) groups is 4. The van der Waals surface area contributed by atoms with Crippen LogP contribution in [-0.2, 0) is 9.59 Å². The second-order valence-corrected chi connectivity index (χ2v) is 7.90. The smallest absolute Gasteiger partial charge is 0.256 e. The van der Waals surface area contributed by atoms with Crippen LogP contribution in [0.15, 0.2) is 60.7 Å². The molecule has 0 fully saturated rings. The molecule has 0 saturated carbocycles. The van der Waals surface area contributed by atoms with Gasteiger partial charge in [-0.3, -0.25) is 19.2 Å². The molecule has 186 valence electrons. The summed E-state index contributed by atoms with van der Waals surface area (Å²) in [5.74, 6) is -0.0578. The lowest BCUT2D eigenvalue weighted by Crippen LogP contribution is -2.17. The Bertz CT molecular complexity index is 1170. The number of carbonyl (C=O) groups excluding carboxylic acids is 4. The van der Waals surface area contributed by atoms with Crippen LogP contribution in [0.5, 0.6) is 0 Å². The molecule has 1 aromatic carbocycles. The topological polar surface area (TPSA) is 142 Å². The van der Waals surface area contributed by atoms with Gasteiger partial charge in [0.1, 0.15) is 23.3 Å². The van der Waals surface area contributed by atoms with Gasteiger partial charge in [0.05, 0.1) is 0 Å². The minimum Gasteiger partial charge on any atom is -0.311 e. The number of aromatic nitrogens is 2. The summed E-state index contributed by atoms with van der Waals surface area (Å²) in [6.07, 6.45) is 2.17. The number of rotatable bonds is 10. The normalized spacial score (nSPS) is 10.3. The van der Waals surface area contributed by atoms with Crippen LogP contribution >= 0.6 is 0 Å². The fourth-order valence-electron chi connectivity index (χ4n) is 3.19. The first-order valence-electron chi connectivity index (χ1n) is 11.6. The molecule has 0 aliphatic carbocycles. The highest BCUT2D eigenvalue weighted by Gasteiger charge is 2.13. The Morgan fingerprint density at radius 3 is 1.33 bits per heavy atom. The molecule has 10 nitrogen and oxygen atoms in total. The van der Waals surface area contributed by atoms with Crippen LogP contribution in [0.2, 0.25) is 0 Å². The number of nitrogens with zero attached hydrogens (tertiary/aromatic N) is 2. The number of amides is 4. The molecular weight excluding hydrogens is 460 g/mol. The molecule has 2 heterocycles. The number of hydrogen-bond acceptors (Lipinski definition) is 6. The highest BCUT2D eigenvalue weighted by Crippen LogP contribution is 2.15. The summed E-state index contributed by atoms with van der Waals surface area (Å²) in [6.45, 7) is 3.80. The van der Waals surface area contributed by atoms with Crippen molar-refractivity contribution in [3.63, 3.8) is 0 Å². The first-order chi connectivity index (χ1) is 17.4. The van der Waals surface area contributed by atoms with E-state index in [-0.39, 0.29) is 34.6 Å². The van der Waals surface area contributed by atoms with E-state index >= 15 is 0 Å². The average Bonchev–Trinajstić information content (AvgIpc) is 2.85. The SMILES string of the molecule is CCCC(=O)Nc1cccc(NC(=O)c2cccc(C(=O)Nc3cccc(NC(=O)CCC)n3)c2)n1. The number of hydrogen-bond donors (Lipinski definition) is 4. The molecule has 0 bridgehead atoms. The van der Waals surface area contributed by atoms with Crippen molar-refractivity contribution in [3.05, 3.63) is 71.8 Å². The molecule has 10 heteroatoms. The van der Waals surface area contributed by atoms with Crippen molar-refractivity contribution in [2.24, 2.45) is 0 Å². The molecule has 4 N–H and O–H groups in total. The van der Waals surface area contributed by atoms with Crippen LogP contribution in [-0.4, -0.2) is 33.6 Å². The molecule has 36 heavy (non-hydrogen) atoms. The Labute approximate surface area is 208 Å². The zero-order valence-electron chi connectivity index (χ0n) is 20.1. The Morgan fingerprint density at radius 2 is 0.944 bits per heavy atom. The van der Waals surface area contributed by atoms with Gasteiger partial charge in [0.15, 0.2) is 0 Å². The fourth-order valence-corrected chi connectivity index (χ4v) is 3.19. The van der Waals surface area contributed by atoms with Crippen molar-refractivity contribution < 1.29 is 19.2 Å². The van der Waals surface area contributed by atoms with Gasteiger partial charge in [-0.25, -0.2) is 9.97 Å². The zero-order chi connectivity index (χ0) is 25.9. The van der Waals surface area contributed by atoms with E-state index in [0.717, 1.165) is 0 Å². The predicted molar refractivity (Wildman–Crippen MR) is 138 cm³/mol. The van der Waals surface area contributed by atoms with Gasteiger partial charge in [0.2, 0.25) is 11.8 Å². The fraction of sp³-hybridized carbons (Fsp3) is 0.231. The largest absolute Gasteiger partial charge is 0.311 e. The lowest BCUT2D eigenvalue weighted by molar-refractivity contribution is -0.117. The monoisotopic (exact) mass is 488 g/mol. The van der Waals surface area contributed by atoms with Crippen molar-refractivity contribution in [2.75, 3.05) is 21.3 Å². The maximum Gasteiger partial charge on any atom is 0.256 e. The molecular formula is C26H28N6O4. The van der Waals surface area contributed by atoms with Crippen LogP contribution in [0.3, 0.4) is 0 Å². The molecule has 0 atom stereocenters. The van der Waals surface area contributed by atoms with Crippen molar-refractivity contribution in [3.8, 4) is 0 Å². The van der Waals surface area contributed by atoms with Gasteiger partial charge in [-0.2, -0.15) is 0 Å². The van der Waals surface area contributed by atoms with E-state index in [2.05, 4.69) is 31.2 Å². The zero-order valence-corrected chi connectivity index (χ0v) is 20.1. The minimum atomic E-state index is -0.465. The lowest BCUT2D eigenvalue weighted by Gasteiger charge is -2.10. The standard InChI is InChI=1S/C26H28N6O4/c1-3-8-23(33)29-19-12-6-14-21(27-19)31-25(35)17-10-5-11-18(16-17)26(36)32-22-15-7-13-20(28-22)30-24(34)9-4-2/h5-7,10-16H,3-4,8-9H2,1-2H3,(H2,27,29,31,33,35)(H2,28,30,32,34,36). The molecule has 0 saturated heterocycles. The second kappa shape index (κ2) is 12.7. The van der Waals surface area contributed by atoms with Crippen LogP contribution in [0.1, 0.15) is 60.2 Å². The third-order valence-corrected chi connectivity index (χ3v) is 4.86. The van der Waals surface area contributed by atoms with Crippen molar-refractivity contribution in [1.82, 2.24) is 9.97 Å². The van der Waals surface area contributed by atoms with E-state index < -0.39 is 11.8 Å². The maximum atomic E-state index is 12.8. The highest BCUT2D eigenvalue weighted by molar-refractivity contribution is 6.08. The third-order valence-electron chi connectivity index (χ3n) is 4.86. The van der Waals surface area contributed by atoms with Gasteiger partial charge in [-0.15, -0.1) is 0 Å². The molecule has 0 unspecified atom stereocenters. The Balaban J connectivity index is 1.66. The first kappa shape index (κ1) is 26.0. The quantitative estimate of drug-likeness (QED) is 0.332. The summed E-state index contributed by atoms with van der Waals surface area (Å²) in [5.41, 5.74) is 0.497. The van der Waals surface area contributed by atoms with E-state index in [9.17, 15) is 19.2 Å². The van der Waals surface area contributed by atoms with E-state index in [4.69, 9.17) is 0 Å². The first-order valence-corrected chi connectivity index (χ1v) is 11.6. The molecule has 3 rings (SSSR count). The second-order valence-electron chi connectivity index (χ2n) is 7.90. The van der Waals surface area contributed by atoms with Gasteiger partial charge in [0.25, 0.3) is 11.8 Å². The molecule has 0 radical (unpaired) electrons. The molecule has 0 aliphatic heterocycles. The van der Waals surface area contributed by atoms with Gasteiger partial charge in [0, 0.05) is 24.0 Å². The number of anilines is 4. The molecule has 0 aliphatic rings. The molecule has 0 spiro atoms. The molecule has 3 aromatic rings. The number of nitrogens with one attached hydrogen (secondary N) is 4. The Morgan fingerprint density at radius 1 is 0.583 bits per heavy atom. The molecule has 4 amide bonds. The number of benzene rings is 1. The van der Waals surface area contributed by atoms with Crippen LogP contribution in [0, 0.1) is 0 Å². The van der Waals surface area contributed by atoms with E-state index in [1.165, 1.54) is 6.07 Å². The number of pyridine rings is 2. The summed E-state index contributed by atoms with van der Waals surface area (Å²) >= 11 is 0. The maximum absolute atomic E-state index is 12.8. The summed E-state index contributed by atoms with van der Waals surface area (Å²) in [5, 5.41) is 10.7. The van der Waals surface area contributed by atoms with E-state index in [1.807, 2.05) is 13.8 Å². The van der Waals surface area contributed by atoms with Gasteiger partial charge in [-0.05, 0) is 55.3 Å². The Kier molecular flexibility index (Phi) is 9.21. The summed E-state index contributed by atoms with van der Waals surface area (Å²) < 4.78 is 0. The van der Waals surface area contributed by atoms with Crippen LogP contribution in [0.4, 0.5) is 23.3 Å². The van der Waals surface area contributed by atoms with Crippen molar-refractivity contribution in [2.45, 2.75) is 39.5 Å². The molecule has 2 aromatic heterocycles. The van der Waals surface area contributed by atoms with Gasteiger partial charge < -0.3 is 21.3 Å². The van der Waals surface area contributed by atoms with Gasteiger partial charge in [-0.1, -0.05) is 32.0 Å². The summed E-state index contributed by atoms with van der Waals surface area (Å²) in [6, 6.07) is 16.0. The van der Waals surface area contributed by atoms with Crippen molar-refractivity contribution >= 4 is 46.9 Å². The van der Waals surface area contributed by atoms with Gasteiger partial charge >= 0.3 is 0 Å².